The molecule has 0 amide bonds. The van der Waals surface area contributed by atoms with Crippen LogP contribution in [0, 0.1) is 0 Å². The van der Waals surface area contributed by atoms with E-state index >= 15 is 0 Å². The molecule has 0 bridgehead atoms. The Bertz CT molecular complexity index is 8.00. The Morgan fingerprint density at radius 3 is 1.00 bits per heavy atom. The van der Waals surface area contributed by atoms with Gasteiger partial charge in [0.25, 0.3) is 0 Å². The smallest absolute Gasteiger partial charge is 0 e. The van der Waals surface area contributed by atoms with Crippen LogP contribution in [0.25, 0.3) is 0 Å². The maximum absolute atomic E-state index is 0. The first-order valence-electron chi connectivity index (χ1n) is 0. The van der Waals surface area contributed by atoms with Gasteiger partial charge >= 0.3 is 10.1 Å². The van der Waals surface area contributed by atoms with Gasteiger partial charge in [0.05, 0.1) is 0 Å². The van der Waals surface area contributed by atoms with Crippen molar-refractivity contribution in [2.75, 3.05) is 0 Å². The van der Waals surface area contributed by atoms with Gasteiger partial charge in [-0.2, -0.15) is 0 Å². The van der Waals surface area contributed by atoms with E-state index in [1.807, 2.05) is 0 Å². The van der Waals surface area contributed by atoms with Crippen LogP contribution in [0.4, 0.5) is 0 Å². The second-order valence-corrected chi connectivity index (χ2v) is 0. The molecule has 0 aromatic heterocycles. The van der Waals surface area contributed by atoms with E-state index in [1.54, 1.807) is 0 Å². The molecule has 0 N–H and O–H groups in total. The molecule has 0 unspecified atom stereocenters. The third-order valence-corrected chi connectivity index (χ3v) is 0. The molecule has 0 aromatic rings. The van der Waals surface area contributed by atoms with E-state index in [9.17, 15) is 0 Å². The summed E-state index contributed by atoms with van der Waals surface area (Å²) >= 11 is 0. The first kappa shape index (κ1) is 39.1. The largest absolute Gasteiger partial charge is 0 e. The van der Waals surface area contributed by atoms with Crippen molar-refractivity contribution in [1.82, 2.24) is 0 Å². The van der Waals surface area contributed by atoms with Crippen LogP contribution in [-0.4, -0.2) is 10.1 Å². The van der Waals surface area contributed by atoms with Crippen LogP contribution < -0.4 is 0 Å². The summed E-state index contributed by atoms with van der Waals surface area (Å²) in [5.74, 6) is 0. The van der Waals surface area contributed by atoms with Gasteiger partial charge in [-0.3, -0.25) is 0 Å². The van der Waals surface area contributed by atoms with Crippen LogP contribution in [0.2, 0.25) is 0 Å². The fourth-order valence-corrected chi connectivity index (χ4v) is 0. The molecular weight excluding hydrogens is 212 g/mol. The predicted molar refractivity (Wildman–Crippen MR) is 8.54 cm³/mol. The van der Waals surface area contributed by atoms with Gasteiger partial charge < -0.3 is 0 Å². The zero-order chi connectivity index (χ0) is 0. The van der Waals surface area contributed by atoms with Gasteiger partial charge in [-0.05, 0) is 0 Å². The van der Waals surface area contributed by atoms with Crippen LogP contribution in [0.3, 0.4) is 0 Å². The summed E-state index contributed by atoms with van der Waals surface area (Å²) in [6.07, 6.45) is 0. The summed E-state index contributed by atoms with van der Waals surface area (Å²) < 4.78 is 0. The molecule has 1 radical (unpaired) electrons. The van der Waals surface area contributed by atoms with E-state index in [2.05, 4.69) is 0 Å². The molecule has 0 nitrogen and oxygen atoms in total. The molecule has 4 heavy (non-hydrogen) atoms. The summed E-state index contributed by atoms with van der Waals surface area (Å²) in [4.78, 5) is 0. The molecule has 0 fully saturated rings. The average Bonchev–Trinajstić information content (AvgIpc) is 0. The molecule has 23 valence electrons. The quantitative estimate of drug-likeness (QED) is 0.457. The number of hydrogen-bond donors (Lipinski definition) is 0. The second-order valence-electron chi connectivity index (χ2n) is 0. The Morgan fingerprint density at radius 1 is 1.00 bits per heavy atom. The van der Waals surface area contributed by atoms with E-state index in [-0.39, 0.29) is 65.6 Å². The first-order chi connectivity index (χ1) is 0. The van der Waals surface area contributed by atoms with Crippen molar-refractivity contribution in [1.29, 1.82) is 0 Å². The third-order valence-electron chi connectivity index (χ3n) is 0. The van der Waals surface area contributed by atoms with Gasteiger partial charge in [-0.1, -0.05) is 0 Å². The van der Waals surface area contributed by atoms with Crippen LogP contribution in [-0.2, 0) is 55.5 Å². The second kappa shape index (κ2) is 20.6. The van der Waals surface area contributed by atoms with Crippen molar-refractivity contribution < 1.29 is 55.5 Å². The molecule has 0 heterocycles. The molecule has 0 rings (SSSR count). The van der Waals surface area contributed by atoms with E-state index < -0.39 is 0 Å². The number of hydrogen-bond acceptors (Lipinski definition) is 0. The summed E-state index contributed by atoms with van der Waals surface area (Å²) in [7, 11) is 0. The average molecular weight is 214 g/mol. The summed E-state index contributed by atoms with van der Waals surface area (Å²) in [6, 6.07) is 0. The minimum atomic E-state index is 0. The molecule has 0 atom stereocenters. The van der Waals surface area contributed by atoms with Crippen LogP contribution in [0.15, 0.2) is 0 Å². The fourth-order valence-electron chi connectivity index (χ4n) is 0. The molecule has 4 heteroatoms. The fraction of sp³-hybridized carbons (Fsp3) is 0. The topological polar surface area (TPSA) is 0 Å². The molecule has 0 aromatic carbocycles. The Balaban J connectivity index is 0. The normalized spacial score (nSPS) is 0. The van der Waals surface area contributed by atoms with E-state index in [1.165, 1.54) is 0 Å². The Hall–Kier alpha value is 1.91. The van der Waals surface area contributed by atoms with Crippen molar-refractivity contribution in [3.8, 4) is 0 Å². The van der Waals surface area contributed by atoms with Gasteiger partial charge in [0, 0.05) is 55.5 Å². The third kappa shape index (κ3) is 9.08. The molecule has 0 aliphatic carbocycles. The minimum absolute atomic E-state index is 0. The minimum Gasteiger partial charge on any atom is 0 e. The Labute approximate surface area is 65.2 Å². The molecule has 0 spiro atoms. The van der Waals surface area contributed by atoms with Gasteiger partial charge in [-0.25, -0.2) is 0 Å². The SMILES string of the molecule is [BeH2].[Cr].[Mn].[Mo]. The molecule has 0 saturated heterocycles. The number of rotatable bonds is 0. The first-order valence-corrected chi connectivity index (χ1v) is 0. The molecule has 0 saturated carbocycles. The zero-order valence-electron chi connectivity index (χ0n) is 1.19. The van der Waals surface area contributed by atoms with Crippen molar-refractivity contribution in [3.63, 3.8) is 0 Å². The maximum Gasteiger partial charge on any atom is 0 e. The van der Waals surface area contributed by atoms with E-state index in [0.717, 1.165) is 0 Å². The van der Waals surface area contributed by atoms with Crippen LogP contribution in [0.1, 0.15) is 0 Å². The predicted octanol–water partition coefficient (Wildman–Crippen LogP) is -0.924. The van der Waals surface area contributed by atoms with Crippen LogP contribution in [0.5, 0.6) is 0 Å². The van der Waals surface area contributed by atoms with Crippen molar-refractivity contribution in [3.05, 3.63) is 0 Å². The van der Waals surface area contributed by atoms with Crippen molar-refractivity contribution >= 4 is 10.1 Å². The molecular formula is H2BeCrMnMo. The maximum atomic E-state index is 0. The molecule has 0 aliphatic rings. The zero-order valence-corrected chi connectivity index (χ0v) is 5.66. The standard InChI is InChI=1S/Be.Cr.Mn.Mo.2H. The summed E-state index contributed by atoms with van der Waals surface area (Å²) in [5, 5.41) is 0. The van der Waals surface area contributed by atoms with Gasteiger partial charge in [-0.15, -0.1) is 0 Å². The van der Waals surface area contributed by atoms with Crippen molar-refractivity contribution in [2.24, 2.45) is 0 Å². The Kier molecular flexibility index (Phi) is 201. The van der Waals surface area contributed by atoms with Crippen molar-refractivity contribution in [2.45, 2.75) is 0 Å². The summed E-state index contributed by atoms with van der Waals surface area (Å²) in [5.41, 5.74) is 0. The van der Waals surface area contributed by atoms with E-state index in [0.29, 0.717) is 0 Å². The van der Waals surface area contributed by atoms with Gasteiger partial charge in [0.15, 0.2) is 0 Å². The van der Waals surface area contributed by atoms with Gasteiger partial charge in [0.1, 0.15) is 0 Å². The monoisotopic (exact) mass is 216 g/mol. The van der Waals surface area contributed by atoms with E-state index in [4.69, 9.17) is 0 Å². The summed E-state index contributed by atoms with van der Waals surface area (Å²) in [6.45, 7) is 0. The molecule has 0 aliphatic heterocycles. The van der Waals surface area contributed by atoms with Gasteiger partial charge in [0.2, 0.25) is 0 Å². The van der Waals surface area contributed by atoms with Crippen LogP contribution >= 0.6 is 0 Å². The Morgan fingerprint density at radius 2 is 1.00 bits per heavy atom.